The molecule has 0 N–H and O–H groups in total. The first-order valence-corrected chi connectivity index (χ1v) is 10.9. The van der Waals surface area contributed by atoms with Gasteiger partial charge in [-0.1, -0.05) is 59.7 Å². The average Bonchev–Trinajstić information content (AvgIpc) is 3.04. The Morgan fingerprint density at radius 3 is 1.96 bits per heavy atom. The van der Waals surface area contributed by atoms with Crippen LogP contribution in [0.15, 0.2) is 30.4 Å². The molecular formula is C25H35NO2. The molecule has 1 aliphatic heterocycles. The summed E-state index contributed by atoms with van der Waals surface area (Å²) < 4.78 is 0. The Morgan fingerprint density at radius 2 is 1.43 bits per heavy atom. The Labute approximate surface area is 170 Å². The molecule has 28 heavy (non-hydrogen) atoms. The SMILES string of the molecule is CC(C)Cc1ccc2c(c1)[C@@H](CC(C)C)[C@H](CC(C)C)[C@@H]2N1C(=O)C=CC1=O. The minimum Gasteiger partial charge on any atom is -0.269 e. The van der Waals surface area contributed by atoms with Crippen LogP contribution >= 0.6 is 0 Å². The Kier molecular flexibility index (Phi) is 6.12. The van der Waals surface area contributed by atoms with Crippen LogP contribution in [0, 0.1) is 23.7 Å². The Bertz CT molecular complexity index is 757. The number of benzene rings is 1. The van der Waals surface area contributed by atoms with Crippen molar-refractivity contribution < 1.29 is 9.59 Å². The van der Waals surface area contributed by atoms with E-state index in [4.69, 9.17) is 0 Å². The Hall–Kier alpha value is -1.90. The lowest BCUT2D eigenvalue weighted by atomic mass is 9.79. The van der Waals surface area contributed by atoms with E-state index < -0.39 is 0 Å². The summed E-state index contributed by atoms with van der Waals surface area (Å²) >= 11 is 0. The summed E-state index contributed by atoms with van der Waals surface area (Å²) in [5.74, 6) is 2.07. The molecule has 1 heterocycles. The monoisotopic (exact) mass is 381 g/mol. The average molecular weight is 382 g/mol. The molecule has 3 heteroatoms. The number of amides is 2. The van der Waals surface area contributed by atoms with Crippen molar-refractivity contribution in [3.05, 3.63) is 47.0 Å². The highest BCUT2D eigenvalue weighted by atomic mass is 16.2. The molecule has 0 unspecified atom stereocenters. The molecule has 1 aromatic rings. The van der Waals surface area contributed by atoms with E-state index in [1.165, 1.54) is 33.7 Å². The first-order chi connectivity index (χ1) is 13.2. The van der Waals surface area contributed by atoms with Crippen LogP contribution in [0.1, 0.15) is 83.0 Å². The van der Waals surface area contributed by atoms with Crippen LogP contribution in [0.3, 0.4) is 0 Å². The second-order valence-electron chi connectivity index (χ2n) is 9.92. The molecule has 0 aromatic heterocycles. The summed E-state index contributed by atoms with van der Waals surface area (Å²) in [6.45, 7) is 13.5. The third-order valence-corrected chi connectivity index (χ3v) is 6.03. The van der Waals surface area contributed by atoms with Crippen LogP contribution in [-0.2, 0) is 16.0 Å². The second-order valence-corrected chi connectivity index (χ2v) is 9.92. The van der Waals surface area contributed by atoms with Gasteiger partial charge >= 0.3 is 0 Å². The minimum atomic E-state index is -0.161. The van der Waals surface area contributed by atoms with Gasteiger partial charge in [0.15, 0.2) is 0 Å². The molecule has 0 fully saturated rings. The molecule has 1 aromatic carbocycles. The maximum atomic E-state index is 12.6. The number of nitrogens with zero attached hydrogens (tertiary/aromatic N) is 1. The van der Waals surface area contributed by atoms with E-state index >= 15 is 0 Å². The highest BCUT2D eigenvalue weighted by molar-refractivity contribution is 6.13. The molecule has 3 atom stereocenters. The van der Waals surface area contributed by atoms with Gasteiger partial charge in [0.2, 0.25) is 0 Å². The predicted molar refractivity (Wildman–Crippen MR) is 114 cm³/mol. The van der Waals surface area contributed by atoms with Gasteiger partial charge in [-0.3, -0.25) is 14.5 Å². The molecule has 3 nitrogen and oxygen atoms in total. The highest BCUT2D eigenvalue weighted by Crippen LogP contribution is 2.53. The maximum Gasteiger partial charge on any atom is 0.254 e. The van der Waals surface area contributed by atoms with Crippen molar-refractivity contribution in [2.24, 2.45) is 23.7 Å². The molecule has 2 aliphatic rings. The topological polar surface area (TPSA) is 37.4 Å². The van der Waals surface area contributed by atoms with Crippen molar-refractivity contribution in [1.82, 2.24) is 4.90 Å². The largest absolute Gasteiger partial charge is 0.269 e. The van der Waals surface area contributed by atoms with E-state index in [1.807, 2.05) is 0 Å². The van der Waals surface area contributed by atoms with Gasteiger partial charge in [-0.15, -0.1) is 0 Å². The van der Waals surface area contributed by atoms with Gasteiger partial charge in [0.05, 0.1) is 6.04 Å². The molecule has 0 bridgehead atoms. The van der Waals surface area contributed by atoms with Gasteiger partial charge in [-0.25, -0.2) is 0 Å². The third-order valence-electron chi connectivity index (χ3n) is 6.03. The van der Waals surface area contributed by atoms with E-state index in [-0.39, 0.29) is 17.9 Å². The predicted octanol–water partition coefficient (Wildman–Crippen LogP) is 5.66. The standard InChI is InChI=1S/C25H35NO2/c1-15(2)11-18-7-8-19-21(14-18)20(12-16(3)4)22(13-17(5)6)25(19)26-23(27)9-10-24(26)28/h7-10,14-17,20,22,25H,11-13H2,1-6H3/t20-,22+,25-/m1/s1. The lowest BCUT2D eigenvalue weighted by molar-refractivity contribution is -0.141. The number of hydrogen-bond donors (Lipinski definition) is 0. The zero-order chi connectivity index (χ0) is 20.6. The van der Waals surface area contributed by atoms with Gasteiger partial charge < -0.3 is 0 Å². The van der Waals surface area contributed by atoms with E-state index in [2.05, 4.69) is 59.7 Å². The third kappa shape index (κ3) is 4.09. The van der Waals surface area contributed by atoms with Crippen molar-refractivity contribution in [3.8, 4) is 0 Å². The van der Waals surface area contributed by atoms with Gasteiger partial charge in [0.1, 0.15) is 0 Å². The van der Waals surface area contributed by atoms with Crippen LogP contribution in [0.4, 0.5) is 0 Å². The fourth-order valence-corrected chi connectivity index (χ4v) is 5.16. The molecule has 3 rings (SSSR count). The molecule has 1 aliphatic carbocycles. The number of imide groups is 1. The zero-order valence-electron chi connectivity index (χ0n) is 18.2. The van der Waals surface area contributed by atoms with Gasteiger partial charge in [0.25, 0.3) is 11.8 Å². The molecule has 0 saturated heterocycles. The lowest BCUT2D eigenvalue weighted by Gasteiger charge is -2.33. The number of hydrogen-bond acceptors (Lipinski definition) is 2. The molecule has 0 radical (unpaired) electrons. The lowest BCUT2D eigenvalue weighted by Crippen LogP contribution is -2.37. The smallest absolute Gasteiger partial charge is 0.254 e. The number of rotatable bonds is 7. The maximum absolute atomic E-state index is 12.6. The van der Waals surface area contributed by atoms with Crippen molar-refractivity contribution in [3.63, 3.8) is 0 Å². The van der Waals surface area contributed by atoms with Crippen LogP contribution in [0.25, 0.3) is 0 Å². The highest BCUT2D eigenvalue weighted by Gasteiger charge is 2.47. The first kappa shape index (κ1) is 20.8. The van der Waals surface area contributed by atoms with Crippen molar-refractivity contribution in [2.75, 3.05) is 0 Å². The van der Waals surface area contributed by atoms with Crippen molar-refractivity contribution in [2.45, 2.75) is 72.8 Å². The molecule has 0 saturated carbocycles. The van der Waals surface area contributed by atoms with Crippen LogP contribution in [0.2, 0.25) is 0 Å². The van der Waals surface area contributed by atoms with Gasteiger partial charge in [-0.2, -0.15) is 0 Å². The van der Waals surface area contributed by atoms with Gasteiger partial charge in [0, 0.05) is 12.2 Å². The minimum absolute atomic E-state index is 0.135. The van der Waals surface area contributed by atoms with Crippen molar-refractivity contribution >= 4 is 11.8 Å². The van der Waals surface area contributed by atoms with Gasteiger partial charge in [-0.05, 0) is 65.5 Å². The molecular weight excluding hydrogens is 346 g/mol. The van der Waals surface area contributed by atoms with E-state index in [0.717, 1.165) is 19.3 Å². The molecule has 152 valence electrons. The summed E-state index contributed by atoms with van der Waals surface area (Å²) in [6.07, 6.45) is 6.03. The molecule has 2 amide bonds. The fourth-order valence-electron chi connectivity index (χ4n) is 5.16. The number of carbonyl (C=O) groups excluding carboxylic acids is 2. The zero-order valence-corrected chi connectivity index (χ0v) is 18.2. The summed E-state index contributed by atoms with van der Waals surface area (Å²) in [6, 6.07) is 6.64. The normalized spacial score (nSPS) is 24.3. The quantitative estimate of drug-likeness (QED) is 0.572. The summed E-state index contributed by atoms with van der Waals surface area (Å²) in [7, 11) is 0. The Balaban J connectivity index is 2.09. The first-order valence-electron chi connectivity index (χ1n) is 10.9. The summed E-state index contributed by atoms with van der Waals surface area (Å²) in [5.41, 5.74) is 3.92. The molecule has 0 spiro atoms. The summed E-state index contributed by atoms with van der Waals surface area (Å²) in [5, 5.41) is 0. The van der Waals surface area contributed by atoms with Crippen LogP contribution in [-0.4, -0.2) is 16.7 Å². The summed E-state index contributed by atoms with van der Waals surface area (Å²) in [4.78, 5) is 26.7. The second kappa shape index (κ2) is 8.23. The fraction of sp³-hybridized carbons (Fsp3) is 0.600. The van der Waals surface area contributed by atoms with Crippen LogP contribution in [0.5, 0.6) is 0 Å². The van der Waals surface area contributed by atoms with E-state index in [9.17, 15) is 9.59 Å². The van der Waals surface area contributed by atoms with E-state index in [1.54, 1.807) is 0 Å². The number of fused-ring (bicyclic) bond motifs is 1. The van der Waals surface area contributed by atoms with E-state index in [0.29, 0.717) is 29.6 Å². The van der Waals surface area contributed by atoms with Crippen LogP contribution < -0.4 is 0 Å². The Morgan fingerprint density at radius 1 is 0.821 bits per heavy atom. The number of carbonyl (C=O) groups is 2. The van der Waals surface area contributed by atoms with Crippen molar-refractivity contribution in [1.29, 1.82) is 0 Å².